The minimum Gasteiger partial charge on any atom is -0.466 e. The minimum absolute atomic E-state index is 0.139. The van der Waals surface area contributed by atoms with Gasteiger partial charge in [-0.05, 0) is 31.9 Å². The van der Waals surface area contributed by atoms with Gasteiger partial charge in [0.25, 0.3) is 5.91 Å². The zero-order chi connectivity index (χ0) is 16.2. The summed E-state index contributed by atoms with van der Waals surface area (Å²) in [6.45, 7) is 6.09. The summed E-state index contributed by atoms with van der Waals surface area (Å²) in [6, 6.07) is 11.7. The molecule has 0 saturated heterocycles. The van der Waals surface area contributed by atoms with Crippen LogP contribution in [0.4, 0.5) is 0 Å². The molecule has 1 aromatic heterocycles. The fraction of sp³-hybridized carbons (Fsp3) is 0.389. The molecule has 0 fully saturated rings. The maximum Gasteiger partial charge on any atom is 0.254 e. The highest BCUT2D eigenvalue weighted by Gasteiger charge is 2.31. The van der Waals surface area contributed by atoms with Crippen molar-refractivity contribution in [1.82, 2.24) is 5.32 Å². The number of nitrogens with one attached hydrogen (secondary N) is 1. The zero-order valence-electron chi connectivity index (χ0n) is 13.6. The number of ether oxygens (including phenoxy) is 1. The molecule has 0 aliphatic carbocycles. The average molecular weight is 301 g/mol. The molecule has 0 bridgehead atoms. The van der Waals surface area contributed by atoms with Gasteiger partial charge in [0, 0.05) is 7.11 Å². The number of carbonyl (C=O) groups excluding carboxylic acids is 1. The second-order valence-electron chi connectivity index (χ2n) is 5.43. The van der Waals surface area contributed by atoms with Crippen molar-refractivity contribution in [2.24, 2.45) is 0 Å². The van der Waals surface area contributed by atoms with E-state index in [0.717, 1.165) is 17.7 Å². The van der Waals surface area contributed by atoms with E-state index in [0.29, 0.717) is 17.9 Å². The molecule has 22 heavy (non-hydrogen) atoms. The summed E-state index contributed by atoms with van der Waals surface area (Å²) in [4.78, 5) is 12.4. The van der Waals surface area contributed by atoms with Crippen LogP contribution in [0, 0.1) is 13.8 Å². The van der Waals surface area contributed by atoms with Crippen LogP contribution >= 0.6 is 0 Å². The molecule has 0 aliphatic rings. The number of amides is 1. The van der Waals surface area contributed by atoms with Gasteiger partial charge in [-0.3, -0.25) is 4.79 Å². The Kier molecular flexibility index (Phi) is 5.03. The summed E-state index contributed by atoms with van der Waals surface area (Å²) in [5, 5.41) is 2.97. The molecule has 0 unspecified atom stereocenters. The normalized spacial score (nSPS) is 13.6. The second kappa shape index (κ2) is 6.79. The van der Waals surface area contributed by atoms with Gasteiger partial charge in [0.1, 0.15) is 17.1 Å². The van der Waals surface area contributed by atoms with E-state index >= 15 is 0 Å². The molecule has 2 aromatic rings. The number of aryl methyl sites for hydroxylation is 2. The van der Waals surface area contributed by atoms with E-state index in [1.807, 2.05) is 37.3 Å². The Bertz CT molecular complexity index is 627. The van der Waals surface area contributed by atoms with Gasteiger partial charge in [-0.1, -0.05) is 37.3 Å². The highest BCUT2D eigenvalue weighted by molar-refractivity contribution is 5.95. The minimum atomic E-state index is -0.524. The number of methoxy groups -OCH3 is 1. The van der Waals surface area contributed by atoms with E-state index in [1.165, 1.54) is 0 Å². The molecule has 1 N–H and O–H groups in total. The maximum atomic E-state index is 12.4. The van der Waals surface area contributed by atoms with E-state index in [2.05, 4.69) is 12.2 Å². The Morgan fingerprint density at radius 2 is 1.95 bits per heavy atom. The number of benzene rings is 1. The Morgan fingerprint density at radius 1 is 1.27 bits per heavy atom. The van der Waals surface area contributed by atoms with Gasteiger partial charge in [-0.15, -0.1) is 0 Å². The van der Waals surface area contributed by atoms with Crippen LogP contribution in [-0.2, 0) is 10.3 Å². The van der Waals surface area contributed by atoms with Gasteiger partial charge in [0.2, 0.25) is 0 Å². The Hall–Kier alpha value is -2.07. The van der Waals surface area contributed by atoms with Gasteiger partial charge in [0.05, 0.1) is 12.1 Å². The second-order valence-corrected chi connectivity index (χ2v) is 5.43. The first-order valence-corrected chi connectivity index (χ1v) is 7.48. The first-order valence-electron chi connectivity index (χ1n) is 7.48. The van der Waals surface area contributed by atoms with Crippen molar-refractivity contribution in [2.75, 3.05) is 13.7 Å². The summed E-state index contributed by atoms with van der Waals surface area (Å²) >= 11 is 0. The molecule has 1 heterocycles. The Morgan fingerprint density at radius 3 is 2.45 bits per heavy atom. The molecule has 0 saturated carbocycles. The molecule has 118 valence electrons. The van der Waals surface area contributed by atoms with Gasteiger partial charge in [0.15, 0.2) is 0 Å². The summed E-state index contributed by atoms with van der Waals surface area (Å²) in [6.07, 6.45) is 0.761. The largest absolute Gasteiger partial charge is 0.466 e. The maximum absolute atomic E-state index is 12.4. The molecule has 4 heteroatoms. The van der Waals surface area contributed by atoms with Crippen LogP contribution in [0.3, 0.4) is 0 Å². The zero-order valence-corrected chi connectivity index (χ0v) is 13.6. The third-order valence-electron chi connectivity index (χ3n) is 4.08. The van der Waals surface area contributed by atoms with Crippen LogP contribution in [0.1, 0.15) is 40.8 Å². The fourth-order valence-corrected chi connectivity index (χ4v) is 2.68. The lowest BCUT2D eigenvalue weighted by Gasteiger charge is -2.32. The number of furan rings is 1. The Balaban J connectivity index is 2.16. The number of rotatable bonds is 6. The highest BCUT2D eigenvalue weighted by atomic mass is 16.5. The quantitative estimate of drug-likeness (QED) is 0.887. The van der Waals surface area contributed by atoms with Crippen LogP contribution in [0.5, 0.6) is 0 Å². The first kappa shape index (κ1) is 16.3. The topological polar surface area (TPSA) is 51.5 Å². The molecule has 1 aromatic carbocycles. The van der Waals surface area contributed by atoms with Crippen LogP contribution in [0.15, 0.2) is 40.8 Å². The van der Waals surface area contributed by atoms with E-state index in [9.17, 15) is 4.79 Å². The molecule has 4 nitrogen and oxygen atoms in total. The highest BCUT2D eigenvalue weighted by Crippen LogP contribution is 2.28. The SMILES string of the molecule is CC[C@](CNC(=O)c1cc(C)oc1C)(OC)c1ccccc1. The van der Waals surface area contributed by atoms with Crippen molar-refractivity contribution >= 4 is 5.91 Å². The van der Waals surface area contributed by atoms with Gasteiger partial charge < -0.3 is 14.5 Å². The summed E-state index contributed by atoms with van der Waals surface area (Å²) < 4.78 is 11.2. The standard InChI is InChI=1S/C18H23NO3/c1-5-18(21-4,15-9-7-6-8-10-15)12-19-17(20)16-11-13(2)22-14(16)3/h6-11H,5,12H2,1-4H3,(H,19,20)/t18-/m1/s1. The van der Waals surface area contributed by atoms with Crippen molar-refractivity contribution in [3.63, 3.8) is 0 Å². The third-order valence-corrected chi connectivity index (χ3v) is 4.08. The predicted octanol–water partition coefficient (Wildman–Crippen LogP) is 3.58. The van der Waals surface area contributed by atoms with Gasteiger partial charge >= 0.3 is 0 Å². The molecule has 0 aliphatic heterocycles. The van der Waals surface area contributed by atoms with Crippen molar-refractivity contribution in [3.8, 4) is 0 Å². The van der Waals surface area contributed by atoms with E-state index in [4.69, 9.17) is 9.15 Å². The number of hydrogen-bond donors (Lipinski definition) is 1. The van der Waals surface area contributed by atoms with E-state index < -0.39 is 5.60 Å². The lowest BCUT2D eigenvalue weighted by molar-refractivity contribution is -0.0164. The summed E-state index contributed by atoms with van der Waals surface area (Å²) in [7, 11) is 1.68. The third kappa shape index (κ3) is 3.22. The van der Waals surface area contributed by atoms with E-state index in [-0.39, 0.29) is 5.91 Å². The summed E-state index contributed by atoms with van der Waals surface area (Å²) in [5.74, 6) is 1.23. The van der Waals surface area contributed by atoms with Crippen LogP contribution in [0.2, 0.25) is 0 Å². The Labute approximate surface area is 131 Å². The summed E-state index contributed by atoms with van der Waals surface area (Å²) in [5.41, 5.74) is 1.11. The number of hydrogen-bond acceptors (Lipinski definition) is 3. The van der Waals surface area contributed by atoms with Crippen molar-refractivity contribution < 1.29 is 13.9 Å². The predicted molar refractivity (Wildman–Crippen MR) is 85.9 cm³/mol. The van der Waals surface area contributed by atoms with Gasteiger partial charge in [-0.2, -0.15) is 0 Å². The smallest absolute Gasteiger partial charge is 0.254 e. The first-order chi connectivity index (χ1) is 10.5. The average Bonchev–Trinajstić information content (AvgIpc) is 2.88. The van der Waals surface area contributed by atoms with Crippen molar-refractivity contribution in [1.29, 1.82) is 0 Å². The molecular weight excluding hydrogens is 278 g/mol. The molecule has 2 rings (SSSR count). The molecular formula is C18H23NO3. The van der Waals surface area contributed by atoms with Crippen LogP contribution in [-0.4, -0.2) is 19.6 Å². The van der Waals surface area contributed by atoms with Crippen molar-refractivity contribution in [2.45, 2.75) is 32.8 Å². The van der Waals surface area contributed by atoms with E-state index in [1.54, 1.807) is 20.1 Å². The molecule has 1 atom stereocenters. The molecule has 0 spiro atoms. The van der Waals surface area contributed by atoms with Crippen molar-refractivity contribution in [3.05, 3.63) is 59.0 Å². The molecule has 0 radical (unpaired) electrons. The number of carbonyl (C=O) groups is 1. The van der Waals surface area contributed by atoms with Gasteiger partial charge in [-0.25, -0.2) is 0 Å². The lowest BCUT2D eigenvalue weighted by atomic mass is 9.90. The lowest BCUT2D eigenvalue weighted by Crippen LogP contribution is -2.42. The van der Waals surface area contributed by atoms with Crippen LogP contribution in [0.25, 0.3) is 0 Å². The van der Waals surface area contributed by atoms with Crippen LogP contribution < -0.4 is 5.32 Å². The monoisotopic (exact) mass is 301 g/mol. The fourth-order valence-electron chi connectivity index (χ4n) is 2.68. The molecule has 1 amide bonds.